The number of nitrogens with two attached hydrogens (primary N) is 1. The minimum atomic E-state index is -1.34. The van der Waals surface area contributed by atoms with E-state index in [1.54, 1.807) is 13.2 Å². The maximum absolute atomic E-state index is 13.5. The topological polar surface area (TPSA) is 141 Å². The molecule has 0 spiro atoms. The second-order valence-electron chi connectivity index (χ2n) is 10.1. The summed E-state index contributed by atoms with van der Waals surface area (Å²) in [5.41, 5.74) is 8.09. The van der Waals surface area contributed by atoms with E-state index in [0.717, 1.165) is 16.1 Å². The lowest BCUT2D eigenvalue weighted by atomic mass is 9.91. The number of aliphatic hydroxyl groups excluding tert-OH is 2. The second-order valence-corrected chi connectivity index (χ2v) is 11.1. The standard InChI is InChI=1S/C29H39N5O4S/c1-19(2)25(33-29(38)34(3)18-24-31-14-15-39-24)28(37)32-23(17-21-12-8-5-9-13-21)27(36)26(35)22(30)16-20-10-6-4-7-11-20/h4-15,19,22-23,25-27,35-36H,16-18,30H2,1-3H3,(H,32,37)(H,33,38)/t22-,23-,25-,26-,27-/m0/s1. The molecule has 3 rings (SSSR count). The molecule has 0 saturated carbocycles. The molecule has 1 heterocycles. The first-order valence-electron chi connectivity index (χ1n) is 13.1. The fraction of sp³-hybridized carbons (Fsp3) is 0.414. The van der Waals surface area contributed by atoms with Gasteiger partial charge in [-0.1, -0.05) is 74.5 Å². The number of amides is 3. The minimum Gasteiger partial charge on any atom is -0.389 e. The Morgan fingerprint density at radius 1 is 0.949 bits per heavy atom. The van der Waals surface area contributed by atoms with Crippen LogP contribution in [0.1, 0.15) is 30.0 Å². The Bertz CT molecular complexity index is 1150. The van der Waals surface area contributed by atoms with Crippen LogP contribution in [0, 0.1) is 5.92 Å². The van der Waals surface area contributed by atoms with Gasteiger partial charge in [0.05, 0.1) is 18.7 Å². The van der Waals surface area contributed by atoms with Gasteiger partial charge in [-0.2, -0.15) is 0 Å². The number of aromatic nitrogens is 1. The Kier molecular flexibility index (Phi) is 11.4. The molecule has 0 unspecified atom stereocenters. The van der Waals surface area contributed by atoms with E-state index in [0.29, 0.717) is 13.0 Å². The number of nitrogens with one attached hydrogen (secondary N) is 2. The van der Waals surface area contributed by atoms with Gasteiger partial charge >= 0.3 is 6.03 Å². The Balaban J connectivity index is 1.72. The molecule has 0 fully saturated rings. The Morgan fingerprint density at radius 2 is 1.54 bits per heavy atom. The van der Waals surface area contributed by atoms with Crippen LogP contribution < -0.4 is 16.4 Å². The summed E-state index contributed by atoms with van der Waals surface area (Å²) in [6.07, 6.45) is -0.332. The largest absolute Gasteiger partial charge is 0.389 e. The van der Waals surface area contributed by atoms with Crippen LogP contribution in [0.25, 0.3) is 0 Å². The molecule has 9 nitrogen and oxygen atoms in total. The molecular weight excluding hydrogens is 514 g/mol. The van der Waals surface area contributed by atoms with Gasteiger partial charge in [0.15, 0.2) is 0 Å². The van der Waals surface area contributed by atoms with Gasteiger partial charge in [-0.3, -0.25) is 4.79 Å². The van der Waals surface area contributed by atoms with E-state index in [2.05, 4.69) is 15.6 Å². The summed E-state index contributed by atoms with van der Waals surface area (Å²) in [6.45, 7) is 3.98. The molecular formula is C29H39N5O4S. The maximum Gasteiger partial charge on any atom is 0.318 e. The van der Waals surface area contributed by atoms with Crippen molar-refractivity contribution in [2.75, 3.05) is 7.05 Å². The molecule has 1 aromatic heterocycles. The molecule has 0 aliphatic heterocycles. The first-order chi connectivity index (χ1) is 18.7. The molecule has 0 saturated heterocycles. The zero-order chi connectivity index (χ0) is 28.4. The number of thiazole rings is 1. The molecule has 0 aliphatic carbocycles. The second kappa shape index (κ2) is 14.7. The van der Waals surface area contributed by atoms with Crippen LogP contribution in [0.15, 0.2) is 72.2 Å². The molecule has 0 aliphatic rings. The average Bonchev–Trinajstić information content (AvgIpc) is 3.44. The maximum atomic E-state index is 13.5. The third-order valence-corrected chi connectivity index (χ3v) is 7.34. The highest BCUT2D eigenvalue weighted by molar-refractivity contribution is 7.09. The van der Waals surface area contributed by atoms with E-state index in [1.807, 2.05) is 79.9 Å². The molecule has 210 valence electrons. The lowest BCUT2D eigenvalue weighted by Crippen LogP contribution is -2.59. The summed E-state index contributed by atoms with van der Waals surface area (Å²) in [7, 11) is 1.64. The van der Waals surface area contributed by atoms with Crippen LogP contribution in [0.4, 0.5) is 4.79 Å². The normalized spacial score (nSPS) is 15.2. The fourth-order valence-electron chi connectivity index (χ4n) is 4.28. The highest BCUT2D eigenvalue weighted by atomic mass is 32.1. The van der Waals surface area contributed by atoms with Crippen LogP contribution in [0.2, 0.25) is 0 Å². The third kappa shape index (κ3) is 9.14. The van der Waals surface area contributed by atoms with Gasteiger partial charge in [0.25, 0.3) is 0 Å². The van der Waals surface area contributed by atoms with Crippen molar-refractivity contribution in [2.45, 2.75) is 63.6 Å². The van der Waals surface area contributed by atoms with Gasteiger partial charge in [-0.05, 0) is 29.9 Å². The summed E-state index contributed by atoms with van der Waals surface area (Å²) < 4.78 is 0. The van der Waals surface area contributed by atoms with E-state index >= 15 is 0 Å². The molecule has 39 heavy (non-hydrogen) atoms. The molecule has 2 aromatic carbocycles. The summed E-state index contributed by atoms with van der Waals surface area (Å²) in [4.78, 5) is 32.0. The van der Waals surface area contributed by atoms with Gasteiger partial charge in [-0.25, -0.2) is 9.78 Å². The number of carbonyl (C=O) groups is 2. The predicted molar refractivity (Wildman–Crippen MR) is 153 cm³/mol. The van der Waals surface area contributed by atoms with E-state index < -0.39 is 42.3 Å². The van der Waals surface area contributed by atoms with Crippen molar-refractivity contribution in [2.24, 2.45) is 11.7 Å². The van der Waals surface area contributed by atoms with Crippen molar-refractivity contribution >= 4 is 23.3 Å². The molecule has 6 N–H and O–H groups in total. The smallest absolute Gasteiger partial charge is 0.318 e. The number of rotatable bonds is 13. The number of benzene rings is 2. The lowest BCUT2D eigenvalue weighted by molar-refractivity contribution is -0.126. The van der Waals surface area contributed by atoms with Crippen molar-refractivity contribution in [3.8, 4) is 0 Å². The number of nitrogens with zero attached hydrogens (tertiary/aromatic N) is 2. The summed E-state index contributed by atoms with van der Waals surface area (Å²) in [5, 5.41) is 30.5. The van der Waals surface area contributed by atoms with E-state index in [4.69, 9.17) is 5.73 Å². The highest BCUT2D eigenvalue weighted by Gasteiger charge is 2.34. The van der Waals surface area contributed by atoms with Crippen LogP contribution in [0.5, 0.6) is 0 Å². The summed E-state index contributed by atoms with van der Waals surface area (Å²) >= 11 is 1.44. The average molecular weight is 554 g/mol. The SMILES string of the molecule is CC(C)[C@H](NC(=O)N(C)Cc1nccs1)C(=O)N[C@@H](Cc1ccccc1)[C@H](O)[C@@H](O)[C@@H](N)Cc1ccccc1. The number of aliphatic hydroxyl groups is 2. The van der Waals surface area contributed by atoms with Crippen LogP contribution in [-0.2, 0) is 24.2 Å². The lowest BCUT2D eigenvalue weighted by Gasteiger charge is -2.33. The zero-order valence-electron chi connectivity index (χ0n) is 22.6. The number of carbonyl (C=O) groups excluding carboxylic acids is 2. The third-order valence-electron chi connectivity index (χ3n) is 6.57. The molecule has 0 bridgehead atoms. The number of hydrogen-bond donors (Lipinski definition) is 5. The Labute approximate surface area is 234 Å². The van der Waals surface area contributed by atoms with Crippen molar-refractivity contribution in [3.05, 3.63) is 88.4 Å². The van der Waals surface area contributed by atoms with Gasteiger partial charge < -0.3 is 31.5 Å². The zero-order valence-corrected chi connectivity index (χ0v) is 23.4. The van der Waals surface area contributed by atoms with Gasteiger partial charge in [0.1, 0.15) is 17.2 Å². The molecule has 0 radical (unpaired) electrons. The quantitative estimate of drug-likeness (QED) is 0.220. The molecule has 5 atom stereocenters. The van der Waals surface area contributed by atoms with Crippen molar-refractivity contribution in [3.63, 3.8) is 0 Å². The molecule has 3 amide bonds. The number of urea groups is 1. The van der Waals surface area contributed by atoms with Crippen molar-refractivity contribution < 1.29 is 19.8 Å². The fourth-order valence-corrected chi connectivity index (χ4v) is 4.95. The van der Waals surface area contributed by atoms with Gasteiger partial charge in [0, 0.05) is 24.7 Å². The van der Waals surface area contributed by atoms with Crippen LogP contribution in [-0.4, -0.2) is 69.4 Å². The van der Waals surface area contributed by atoms with Crippen LogP contribution in [0.3, 0.4) is 0 Å². The Morgan fingerprint density at radius 3 is 2.08 bits per heavy atom. The monoisotopic (exact) mass is 553 g/mol. The predicted octanol–water partition coefficient (Wildman–Crippen LogP) is 2.33. The van der Waals surface area contributed by atoms with E-state index in [9.17, 15) is 19.8 Å². The summed E-state index contributed by atoms with van der Waals surface area (Å²) in [5.74, 6) is -0.688. The Hall–Kier alpha value is -3.31. The highest BCUT2D eigenvalue weighted by Crippen LogP contribution is 2.15. The van der Waals surface area contributed by atoms with Crippen molar-refractivity contribution in [1.82, 2.24) is 20.5 Å². The molecule has 10 heteroatoms. The van der Waals surface area contributed by atoms with Crippen molar-refractivity contribution in [1.29, 1.82) is 0 Å². The van der Waals surface area contributed by atoms with Gasteiger partial charge in [0.2, 0.25) is 5.91 Å². The first kappa shape index (κ1) is 30.2. The summed E-state index contributed by atoms with van der Waals surface area (Å²) in [6, 6.07) is 16.0. The van der Waals surface area contributed by atoms with Crippen LogP contribution >= 0.6 is 11.3 Å². The first-order valence-corrected chi connectivity index (χ1v) is 13.9. The molecule has 3 aromatic rings. The number of hydrogen-bond acceptors (Lipinski definition) is 7. The van der Waals surface area contributed by atoms with E-state index in [1.165, 1.54) is 16.2 Å². The van der Waals surface area contributed by atoms with Gasteiger partial charge in [-0.15, -0.1) is 11.3 Å². The van der Waals surface area contributed by atoms with E-state index in [-0.39, 0.29) is 12.3 Å². The minimum absolute atomic E-state index is 0.234.